The molecule has 0 atom stereocenters. The van der Waals surface area contributed by atoms with Crippen LogP contribution in [0.3, 0.4) is 0 Å². The van der Waals surface area contributed by atoms with Crippen molar-refractivity contribution in [2.75, 3.05) is 26.2 Å². The molecule has 2 saturated heterocycles. The molecule has 9 rings (SSSR count). The minimum absolute atomic E-state index is 0.125. The van der Waals surface area contributed by atoms with Gasteiger partial charge in [-0.05, 0) is 147 Å². The summed E-state index contributed by atoms with van der Waals surface area (Å²) in [5, 5.41) is 14.4. The first kappa shape index (κ1) is 44.4. The van der Waals surface area contributed by atoms with Gasteiger partial charge >= 0.3 is 0 Å². The van der Waals surface area contributed by atoms with Crippen molar-refractivity contribution in [1.82, 2.24) is 19.8 Å². The molecule has 2 amide bonds. The second kappa shape index (κ2) is 20.6. The monoisotopic (exact) mass is 890 g/mol. The fourth-order valence-electron chi connectivity index (χ4n) is 9.42. The van der Waals surface area contributed by atoms with Crippen molar-refractivity contribution in [3.63, 3.8) is 0 Å². The van der Waals surface area contributed by atoms with E-state index in [1.165, 1.54) is 39.0 Å². The number of fused-ring (bicyclic) bond motifs is 4. The maximum absolute atomic E-state index is 12.9. The van der Waals surface area contributed by atoms with Crippen LogP contribution < -0.4 is 4.73 Å². The summed E-state index contributed by atoms with van der Waals surface area (Å²) in [7, 11) is 0. The Morgan fingerprint density at radius 2 is 1.34 bits per heavy atom. The van der Waals surface area contributed by atoms with Gasteiger partial charge < -0.3 is 15.0 Å². The number of amides is 2. The highest BCUT2D eigenvalue weighted by atomic mass is 35.5. The lowest BCUT2D eigenvalue weighted by Crippen LogP contribution is -2.37. The third-order valence-electron chi connectivity index (χ3n) is 12.6. The van der Waals surface area contributed by atoms with E-state index in [2.05, 4.69) is 34.9 Å². The van der Waals surface area contributed by atoms with Crippen LogP contribution in [0.4, 0.5) is 0 Å². The second-order valence-corrected chi connectivity index (χ2v) is 17.7. The van der Waals surface area contributed by atoms with Crippen LogP contribution in [0, 0.1) is 5.21 Å². The van der Waals surface area contributed by atoms with Crippen LogP contribution in [0.25, 0.3) is 11.1 Å². The molecule has 4 aliphatic rings. The van der Waals surface area contributed by atoms with E-state index in [-0.39, 0.29) is 11.8 Å². The molecule has 0 N–H and O–H groups in total. The minimum Gasteiger partial charge on any atom is -0.618 e. The van der Waals surface area contributed by atoms with E-state index in [4.69, 9.17) is 28.2 Å². The van der Waals surface area contributed by atoms with Crippen molar-refractivity contribution >= 4 is 52.9 Å². The summed E-state index contributed by atoms with van der Waals surface area (Å²) in [6.45, 7) is 8.13. The van der Waals surface area contributed by atoms with E-state index < -0.39 is 0 Å². The first-order valence-electron chi connectivity index (χ1n) is 22.1. The quantitative estimate of drug-likeness (QED) is 0.0731. The standard InChI is InChI=1S/C27H28ClN3O2.C26H24ClN3O/c1-19(5-3-13-29-2)17-25(32)30-15-11-20(12-16-30)26-24-10-9-23(28)18-22(24)8-7-21-6-4-14-31(33)27(21)26;27-22-7-8-23-21(16-22)6-5-20-4-2-12-29-26(20)25(23)19-9-13-30(14-10-19)24(31)15-18-3-1-11-28-17-18/h3-6,9-10,13-14,18H,2,7-8,11-12,15-17H2,1H3;1-4,7-8,11-12,16-17H,5-6,9-10,13-15H2/b13-3-,19-5+;. The van der Waals surface area contributed by atoms with Gasteiger partial charge in [0.05, 0.1) is 17.7 Å². The Labute approximate surface area is 385 Å². The number of hydrogen-bond donors (Lipinski definition) is 0. The summed E-state index contributed by atoms with van der Waals surface area (Å²) in [5.41, 5.74) is 15.8. The van der Waals surface area contributed by atoms with Gasteiger partial charge in [0, 0.05) is 84.6 Å². The van der Waals surface area contributed by atoms with Gasteiger partial charge in [0.15, 0.2) is 6.20 Å². The molecule has 3 aromatic heterocycles. The van der Waals surface area contributed by atoms with Crippen LogP contribution in [0.5, 0.6) is 0 Å². The van der Waals surface area contributed by atoms with E-state index in [0.717, 1.165) is 113 Å². The lowest BCUT2D eigenvalue weighted by atomic mass is 9.88. The molecule has 2 aliphatic heterocycles. The number of halogens is 2. The van der Waals surface area contributed by atoms with E-state index >= 15 is 0 Å². The van der Waals surface area contributed by atoms with Gasteiger partial charge in [-0.3, -0.25) is 24.5 Å². The number of nitrogens with zero attached hydrogens (tertiary/aromatic N) is 6. The molecule has 2 fully saturated rings. The number of likely N-dealkylation sites (tertiary alicyclic amines) is 2. The Balaban J connectivity index is 0.000000175. The first-order chi connectivity index (χ1) is 31.2. The number of pyridine rings is 3. The molecule has 64 heavy (non-hydrogen) atoms. The van der Waals surface area contributed by atoms with Crippen molar-refractivity contribution in [3.05, 3.63) is 198 Å². The Hall–Kier alpha value is -6.16. The van der Waals surface area contributed by atoms with Crippen molar-refractivity contribution < 1.29 is 14.3 Å². The SMILES string of the molecule is C=N/C=C\C=C(/C)CC(=O)N1CCC(=C2c3ccc(Cl)cc3CCc3ccc[n+]([O-])c32)CC1.O=C(Cc1cccnc1)N1CCC(=C2c3ccc(Cl)cc3CCc3cccnc32)CC1. The third-order valence-corrected chi connectivity index (χ3v) is 13.1. The molecule has 5 heterocycles. The van der Waals surface area contributed by atoms with Crippen LogP contribution in [-0.2, 0) is 41.7 Å². The molecule has 0 unspecified atom stereocenters. The topological polar surface area (TPSA) is 106 Å². The molecular formula is C53H52Cl2N6O3. The Morgan fingerprint density at radius 3 is 2.00 bits per heavy atom. The number of rotatable bonds is 6. The van der Waals surface area contributed by atoms with Crippen LogP contribution >= 0.6 is 23.2 Å². The molecule has 0 bridgehead atoms. The number of piperidine rings is 2. The largest absolute Gasteiger partial charge is 0.618 e. The van der Waals surface area contributed by atoms with Crippen molar-refractivity contribution in [3.8, 4) is 0 Å². The predicted octanol–water partition coefficient (Wildman–Crippen LogP) is 9.94. The third kappa shape index (κ3) is 10.3. The molecule has 326 valence electrons. The number of aryl methyl sites for hydroxylation is 4. The highest BCUT2D eigenvalue weighted by molar-refractivity contribution is 6.31. The highest BCUT2D eigenvalue weighted by Crippen LogP contribution is 2.40. The molecule has 11 heteroatoms. The predicted molar refractivity (Wildman–Crippen MR) is 256 cm³/mol. The number of allylic oxidation sites excluding steroid dienone is 2. The van der Waals surface area contributed by atoms with Gasteiger partial charge in [-0.25, -0.2) is 0 Å². The molecule has 0 saturated carbocycles. The zero-order valence-electron chi connectivity index (χ0n) is 36.2. The van der Waals surface area contributed by atoms with Crippen LogP contribution in [0.15, 0.2) is 138 Å². The lowest BCUT2D eigenvalue weighted by molar-refractivity contribution is -0.608. The Bertz CT molecular complexity index is 2690. The fraction of sp³-hybridized carbons (Fsp3) is 0.283. The summed E-state index contributed by atoms with van der Waals surface area (Å²) < 4.78 is 0.999. The van der Waals surface area contributed by atoms with Crippen molar-refractivity contribution in [2.24, 2.45) is 4.99 Å². The first-order valence-corrected chi connectivity index (χ1v) is 22.8. The molecular weight excluding hydrogens is 840 g/mol. The average Bonchev–Trinajstić information content (AvgIpc) is 3.58. The van der Waals surface area contributed by atoms with E-state index in [1.54, 1.807) is 30.9 Å². The van der Waals surface area contributed by atoms with E-state index in [1.807, 2.05) is 83.6 Å². The smallest absolute Gasteiger partial charge is 0.227 e. The zero-order chi connectivity index (χ0) is 44.6. The maximum atomic E-state index is 12.9. The average molecular weight is 892 g/mol. The lowest BCUT2D eigenvalue weighted by Gasteiger charge is -2.30. The normalized spacial score (nSPS) is 16.1. The van der Waals surface area contributed by atoms with Crippen molar-refractivity contribution in [2.45, 2.75) is 71.1 Å². The maximum Gasteiger partial charge on any atom is 0.227 e. The van der Waals surface area contributed by atoms with Crippen LogP contribution in [-0.4, -0.2) is 64.5 Å². The molecule has 9 nitrogen and oxygen atoms in total. The zero-order valence-corrected chi connectivity index (χ0v) is 37.8. The van der Waals surface area contributed by atoms with E-state index in [0.29, 0.717) is 31.0 Å². The van der Waals surface area contributed by atoms with Crippen LogP contribution in [0.1, 0.15) is 89.4 Å². The van der Waals surface area contributed by atoms with Gasteiger partial charge in [-0.15, -0.1) is 0 Å². The Kier molecular flexibility index (Phi) is 14.3. The summed E-state index contributed by atoms with van der Waals surface area (Å²) in [6, 6.07) is 24.1. The van der Waals surface area contributed by atoms with Gasteiger partial charge in [0.1, 0.15) is 0 Å². The molecule has 5 aromatic rings. The highest BCUT2D eigenvalue weighted by Gasteiger charge is 2.31. The molecule has 0 radical (unpaired) electrons. The number of aliphatic imine (C=N–C) groups is 1. The van der Waals surface area contributed by atoms with E-state index in [9.17, 15) is 14.8 Å². The minimum atomic E-state index is 0.125. The van der Waals surface area contributed by atoms with Crippen LogP contribution in [0.2, 0.25) is 10.0 Å². The second-order valence-electron chi connectivity index (χ2n) is 16.8. The Morgan fingerprint density at radius 1 is 0.750 bits per heavy atom. The molecule has 0 spiro atoms. The van der Waals surface area contributed by atoms with Gasteiger partial charge in [0.25, 0.3) is 0 Å². The van der Waals surface area contributed by atoms with Crippen molar-refractivity contribution in [1.29, 1.82) is 0 Å². The summed E-state index contributed by atoms with van der Waals surface area (Å²) >= 11 is 12.6. The van der Waals surface area contributed by atoms with Gasteiger partial charge in [-0.1, -0.05) is 70.3 Å². The number of carbonyl (C=O) groups excluding carboxylic acids is 2. The summed E-state index contributed by atoms with van der Waals surface area (Å²) in [6.07, 6.45) is 19.8. The number of hydrogen-bond acceptors (Lipinski definition) is 6. The number of carbonyl (C=O) groups is 2. The molecule has 2 aliphatic carbocycles. The molecule has 2 aromatic carbocycles. The van der Waals surface area contributed by atoms with Gasteiger partial charge in [0.2, 0.25) is 17.5 Å². The fourth-order valence-corrected chi connectivity index (χ4v) is 9.81. The number of aromatic nitrogens is 3. The summed E-state index contributed by atoms with van der Waals surface area (Å²) in [5.74, 6) is 0.295. The summed E-state index contributed by atoms with van der Waals surface area (Å²) in [4.78, 5) is 42.1. The van der Waals surface area contributed by atoms with Gasteiger partial charge in [-0.2, -0.15) is 4.73 Å². The number of benzene rings is 2.